The van der Waals surface area contributed by atoms with Crippen LogP contribution in [0.3, 0.4) is 0 Å². The number of carbonyl (C=O) groups excluding carboxylic acids is 1. The van der Waals surface area contributed by atoms with Gasteiger partial charge in [0.05, 0.1) is 6.54 Å². The van der Waals surface area contributed by atoms with Gasteiger partial charge in [-0.2, -0.15) is 0 Å². The van der Waals surface area contributed by atoms with Crippen LogP contribution < -0.4 is 5.32 Å². The van der Waals surface area contributed by atoms with Crippen LogP contribution in [0.5, 0.6) is 0 Å². The molecule has 0 aliphatic heterocycles. The molecule has 0 aliphatic carbocycles. The van der Waals surface area contributed by atoms with E-state index in [1.54, 1.807) is 0 Å². The van der Waals surface area contributed by atoms with Gasteiger partial charge in [-0.1, -0.05) is 23.7 Å². The standard InChI is InChI=1S/C20H27ClN2O/c1-14-11-18(15(2)23(14)20(3,4)5)19(24)13-22-10-9-16-7-6-8-17(21)12-16/h6-8,11-12,22H,9-10,13H2,1-5H3. The van der Waals surface area contributed by atoms with E-state index >= 15 is 0 Å². The Kier molecular flexibility index (Phi) is 5.89. The van der Waals surface area contributed by atoms with Gasteiger partial charge in [0.1, 0.15) is 0 Å². The summed E-state index contributed by atoms with van der Waals surface area (Å²) in [6.07, 6.45) is 0.856. The molecule has 3 nitrogen and oxygen atoms in total. The molecule has 0 fully saturated rings. The molecule has 0 saturated carbocycles. The fraction of sp³-hybridized carbons (Fsp3) is 0.450. The number of rotatable bonds is 6. The average Bonchev–Trinajstić information content (AvgIpc) is 2.78. The van der Waals surface area contributed by atoms with Crippen LogP contribution in [0.15, 0.2) is 30.3 Å². The van der Waals surface area contributed by atoms with E-state index in [1.165, 1.54) is 5.56 Å². The molecule has 1 N–H and O–H groups in total. The molecule has 0 aliphatic rings. The first-order valence-corrected chi connectivity index (χ1v) is 8.75. The maximum absolute atomic E-state index is 12.5. The van der Waals surface area contributed by atoms with Crippen molar-refractivity contribution >= 4 is 17.4 Å². The van der Waals surface area contributed by atoms with E-state index in [0.717, 1.165) is 34.9 Å². The molecule has 0 atom stereocenters. The zero-order valence-corrected chi connectivity index (χ0v) is 16.0. The Hall–Kier alpha value is -1.58. The van der Waals surface area contributed by atoms with Gasteiger partial charge in [-0.05, 0) is 71.3 Å². The molecule has 24 heavy (non-hydrogen) atoms. The molecule has 0 spiro atoms. The van der Waals surface area contributed by atoms with Gasteiger partial charge < -0.3 is 9.88 Å². The van der Waals surface area contributed by atoms with Gasteiger partial charge in [0.25, 0.3) is 0 Å². The van der Waals surface area contributed by atoms with Crippen molar-refractivity contribution in [2.45, 2.75) is 46.6 Å². The number of nitrogens with one attached hydrogen (secondary N) is 1. The zero-order valence-electron chi connectivity index (χ0n) is 15.2. The van der Waals surface area contributed by atoms with E-state index in [0.29, 0.717) is 6.54 Å². The molecule has 130 valence electrons. The maximum atomic E-state index is 12.5. The summed E-state index contributed by atoms with van der Waals surface area (Å²) < 4.78 is 2.23. The summed E-state index contributed by atoms with van der Waals surface area (Å²) in [5.74, 6) is 0.143. The minimum atomic E-state index is -0.0211. The summed E-state index contributed by atoms with van der Waals surface area (Å²) in [7, 11) is 0. The van der Waals surface area contributed by atoms with Gasteiger partial charge in [-0.3, -0.25) is 4.79 Å². The van der Waals surface area contributed by atoms with Gasteiger partial charge in [0.2, 0.25) is 0 Å². The number of hydrogen-bond acceptors (Lipinski definition) is 2. The second kappa shape index (κ2) is 7.54. The molecule has 0 radical (unpaired) electrons. The summed E-state index contributed by atoms with van der Waals surface area (Å²) in [6, 6.07) is 9.83. The molecule has 0 amide bonds. The van der Waals surface area contributed by atoms with Crippen molar-refractivity contribution < 1.29 is 4.79 Å². The molecule has 2 rings (SSSR count). The third-order valence-corrected chi connectivity index (χ3v) is 4.40. The minimum Gasteiger partial charge on any atom is -0.343 e. The molecule has 1 heterocycles. The average molecular weight is 347 g/mol. The highest BCUT2D eigenvalue weighted by atomic mass is 35.5. The van der Waals surface area contributed by atoms with Gasteiger partial charge in [0.15, 0.2) is 5.78 Å². The predicted molar refractivity (Wildman–Crippen MR) is 101 cm³/mol. The lowest BCUT2D eigenvalue weighted by molar-refractivity contribution is 0.0990. The van der Waals surface area contributed by atoms with E-state index < -0.39 is 0 Å². The van der Waals surface area contributed by atoms with Gasteiger partial charge in [-0.25, -0.2) is 0 Å². The second-order valence-electron chi connectivity index (χ2n) is 7.27. The lowest BCUT2D eigenvalue weighted by Crippen LogP contribution is -2.27. The largest absolute Gasteiger partial charge is 0.343 e. The smallest absolute Gasteiger partial charge is 0.178 e. The van der Waals surface area contributed by atoms with Crippen molar-refractivity contribution in [3.8, 4) is 0 Å². The molecular weight excluding hydrogens is 320 g/mol. The highest BCUT2D eigenvalue weighted by molar-refractivity contribution is 6.30. The fourth-order valence-corrected chi connectivity index (χ4v) is 3.51. The lowest BCUT2D eigenvalue weighted by atomic mass is 10.1. The van der Waals surface area contributed by atoms with Crippen molar-refractivity contribution in [3.63, 3.8) is 0 Å². The van der Waals surface area contributed by atoms with Crippen LogP contribution in [0.2, 0.25) is 5.02 Å². The lowest BCUT2D eigenvalue weighted by Gasteiger charge is -2.25. The molecule has 4 heteroatoms. The number of benzene rings is 1. The third kappa shape index (κ3) is 4.49. The molecular formula is C20H27ClN2O. The summed E-state index contributed by atoms with van der Waals surface area (Å²) >= 11 is 5.98. The summed E-state index contributed by atoms with van der Waals surface area (Å²) in [5.41, 5.74) is 4.14. The number of carbonyl (C=O) groups is 1. The Balaban J connectivity index is 1.94. The highest BCUT2D eigenvalue weighted by Crippen LogP contribution is 2.24. The highest BCUT2D eigenvalue weighted by Gasteiger charge is 2.22. The topological polar surface area (TPSA) is 34.0 Å². The van der Waals surface area contributed by atoms with E-state index in [2.05, 4.69) is 37.6 Å². The monoisotopic (exact) mass is 346 g/mol. The number of Topliss-reactive ketones (excluding diaryl/α,β-unsaturated/α-hetero) is 1. The van der Waals surface area contributed by atoms with Crippen LogP contribution in [-0.4, -0.2) is 23.4 Å². The molecule has 2 aromatic rings. The molecule has 0 unspecified atom stereocenters. The van der Waals surface area contributed by atoms with Crippen molar-refractivity contribution in [2.24, 2.45) is 0 Å². The first-order chi connectivity index (χ1) is 11.2. The Bertz CT molecular complexity index is 726. The first-order valence-electron chi connectivity index (χ1n) is 8.38. The van der Waals surface area contributed by atoms with Crippen LogP contribution in [0, 0.1) is 13.8 Å². The van der Waals surface area contributed by atoms with Crippen molar-refractivity contribution in [1.29, 1.82) is 0 Å². The summed E-state index contributed by atoms with van der Waals surface area (Å²) in [6.45, 7) is 11.7. The molecule has 1 aromatic carbocycles. The van der Waals surface area contributed by atoms with Crippen molar-refractivity contribution in [1.82, 2.24) is 9.88 Å². The number of aryl methyl sites for hydroxylation is 1. The molecule has 1 aromatic heterocycles. The Morgan fingerprint density at radius 2 is 1.92 bits per heavy atom. The van der Waals surface area contributed by atoms with Crippen LogP contribution in [0.25, 0.3) is 0 Å². The normalized spacial score (nSPS) is 11.8. The van der Waals surface area contributed by atoms with Crippen molar-refractivity contribution in [3.05, 3.63) is 57.9 Å². The Morgan fingerprint density at radius 1 is 1.21 bits per heavy atom. The first kappa shape index (κ1) is 18.8. The second-order valence-corrected chi connectivity index (χ2v) is 7.71. The van der Waals surface area contributed by atoms with Crippen LogP contribution in [-0.2, 0) is 12.0 Å². The fourth-order valence-electron chi connectivity index (χ4n) is 3.30. The van der Waals surface area contributed by atoms with Crippen LogP contribution in [0.1, 0.15) is 48.1 Å². The van der Waals surface area contributed by atoms with Gasteiger partial charge in [0, 0.05) is 27.5 Å². The molecule has 0 bridgehead atoms. The van der Waals surface area contributed by atoms with Crippen LogP contribution >= 0.6 is 11.6 Å². The summed E-state index contributed by atoms with van der Waals surface area (Å²) in [4.78, 5) is 12.5. The van der Waals surface area contributed by atoms with E-state index in [1.807, 2.05) is 37.3 Å². The van der Waals surface area contributed by atoms with E-state index in [4.69, 9.17) is 11.6 Å². The SMILES string of the molecule is Cc1cc(C(=O)CNCCc2cccc(Cl)c2)c(C)n1C(C)(C)C. The number of halogens is 1. The third-order valence-electron chi connectivity index (χ3n) is 4.17. The predicted octanol–water partition coefficient (Wildman–Crippen LogP) is 4.53. The van der Waals surface area contributed by atoms with E-state index in [9.17, 15) is 4.79 Å². The minimum absolute atomic E-state index is 0.0211. The number of ketones is 1. The number of nitrogens with zero attached hydrogens (tertiary/aromatic N) is 1. The van der Waals surface area contributed by atoms with Crippen molar-refractivity contribution in [2.75, 3.05) is 13.1 Å². The maximum Gasteiger partial charge on any atom is 0.178 e. The van der Waals surface area contributed by atoms with E-state index in [-0.39, 0.29) is 11.3 Å². The zero-order chi connectivity index (χ0) is 17.9. The summed E-state index contributed by atoms with van der Waals surface area (Å²) in [5, 5.41) is 3.99. The quantitative estimate of drug-likeness (QED) is 0.616. The van der Waals surface area contributed by atoms with Crippen LogP contribution in [0.4, 0.5) is 0 Å². The molecule has 0 saturated heterocycles. The Morgan fingerprint density at radius 3 is 2.50 bits per heavy atom. The van der Waals surface area contributed by atoms with Gasteiger partial charge >= 0.3 is 0 Å². The van der Waals surface area contributed by atoms with Gasteiger partial charge in [-0.15, -0.1) is 0 Å². The Labute approximate surface area is 150 Å². The number of hydrogen-bond donors (Lipinski definition) is 1. The number of aromatic nitrogens is 1.